The number of nitrogens with zero attached hydrogens (tertiary/aromatic N) is 4. The number of thiophene rings is 1. The van der Waals surface area contributed by atoms with Crippen LogP contribution in [0, 0.1) is 0 Å². The third-order valence-electron chi connectivity index (χ3n) is 3.11. The Kier molecular flexibility index (Phi) is 5.05. The van der Waals surface area contributed by atoms with E-state index < -0.39 is 0 Å². The molecule has 0 aliphatic heterocycles. The minimum atomic E-state index is 0.771. The van der Waals surface area contributed by atoms with Gasteiger partial charge < -0.3 is 0 Å². The lowest BCUT2D eigenvalue weighted by Crippen LogP contribution is -1.95. The number of allylic oxidation sites excluding steroid dienone is 1. The van der Waals surface area contributed by atoms with E-state index in [9.17, 15) is 0 Å². The van der Waals surface area contributed by atoms with Crippen LogP contribution < -0.4 is 0 Å². The van der Waals surface area contributed by atoms with E-state index in [-0.39, 0.29) is 0 Å². The van der Waals surface area contributed by atoms with Crippen molar-refractivity contribution in [1.82, 2.24) is 14.9 Å². The molecule has 0 saturated carbocycles. The maximum atomic E-state index is 4.57. The van der Waals surface area contributed by atoms with Gasteiger partial charge in [-0.25, -0.2) is 0 Å². The summed E-state index contributed by atoms with van der Waals surface area (Å²) in [5.74, 6) is 0.771. The van der Waals surface area contributed by atoms with Gasteiger partial charge in [0.1, 0.15) is 0 Å². The first-order valence-electron chi connectivity index (χ1n) is 7.09. The van der Waals surface area contributed by atoms with Gasteiger partial charge in [0, 0.05) is 0 Å². The first-order chi connectivity index (χ1) is 11.3. The Morgan fingerprint density at radius 3 is 2.70 bits per heavy atom. The first-order valence-corrected chi connectivity index (χ1v) is 9.19. The summed E-state index contributed by atoms with van der Waals surface area (Å²) in [6.45, 7) is 2.03. The van der Waals surface area contributed by atoms with Gasteiger partial charge in [0.25, 0.3) is 0 Å². The fraction of sp³-hybridized carbons (Fsp3) is 0.118. The zero-order valence-corrected chi connectivity index (χ0v) is 14.5. The fourth-order valence-corrected chi connectivity index (χ4v) is 3.18. The summed E-state index contributed by atoms with van der Waals surface area (Å²) < 4.78 is 1.79. The van der Waals surface area contributed by atoms with E-state index in [2.05, 4.69) is 33.5 Å². The van der Waals surface area contributed by atoms with Gasteiger partial charge in [0.05, 0.1) is 11.1 Å². The molecule has 1 aromatic carbocycles. The van der Waals surface area contributed by atoms with Crippen molar-refractivity contribution in [1.29, 1.82) is 0 Å². The van der Waals surface area contributed by atoms with E-state index in [1.54, 1.807) is 16.0 Å². The van der Waals surface area contributed by atoms with Gasteiger partial charge in [0.2, 0.25) is 5.16 Å². The van der Waals surface area contributed by atoms with Crippen molar-refractivity contribution in [2.75, 3.05) is 6.26 Å². The molecule has 0 radical (unpaired) electrons. The Hall–Kier alpha value is -2.18. The lowest BCUT2D eigenvalue weighted by atomic mass is 10.1. The molecule has 0 aliphatic carbocycles. The van der Waals surface area contributed by atoms with Crippen molar-refractivity contribution in [3.8, 4) is 10.7 Å². The summed E-state index contributed by atoms with van der Waals surface area (Å²) in [6.07, 6.45) is 5.91. The van der Waals surface area contributed by atoms with Crippen LogP contribution in [-0.4, -0.2) is 27.3 Å². The van der Waals surface area contributed by atoms with Crippen LogP contribution in [0.3, 0.4) is 0 Å². The van der Waals surface area contributed by atoms with Crippen LogP contribution in [0.25, 0.3) is 16.8 Å². The molecule has 0 fully saturated rings. The van der Waals surface area contributed by atoms with Gasteiger partial charge in [0.15, 0.2) is 5.82 Å². The van der Waals surface area contributed by atoms with Crippen LogP contribution in [0.2, 0.25) is 0 Å². The highest BCUT2D eigenvalue weighted by Gasteiger charge is 2.13. The van der Waals surface area contributed by atoms with Gasteiger partial charge in [-0.05, 0) is 35.8 Å². The summed E-state index contributed by atoms with van der Waals surface area (Å²) >= 11 is 3.16. The number of hydrogen-bond acceptors (Lipinski definition) is 5. The number of aromatic nitrogens is 3. The zero-order chi connectivity index (χ0) is 16.1. The van der Waals surface area contributed by atoms with Gasteiger partial charge in [-0.15, -0.1) is 21.5 Å². The summed E-state index contributed by atoms with van der Waals surface area (Å²) in [7, 11) is 0. The second-order valence-electron chi connectivity index (χ2n) is 4.84. The predicted octanol–water partition coefficient (Wildman–Crippen LogP) is 4.67. The third kappa shape index (κ3) is 3.78. The van der Waals surface area contributed by atoms with Gasteiger partial charge >= 0.3 is 0 Å². The number of thioether (sulfide) groups is 1. The average Bonchev–Trinajstić information content (AvgIpc) is 3.22. The molecular formula is C17H16N4S2. The Morgan fingerprint density at radius 1 is 1.17 bits per heavy atom. The van der Waals surface area contributed by atoms with Crippen LogP contribution in [0.5, 0.6) is 0 Å². The highest BCUT2D eigenvalue weighted by molar-refractivity contribution is 7.98. The molecule has 0 atom stereocenters. The molecule has 0 aliphatic rings. The van der Waals surface area contributed by atoms with Gasteiger partial charge in [-0.1, -0.05) is 54.2 Å². The maximum Gasteiger partial charge on any atom is 0.212 e. The fourth-order valence-electron chi connectivity index (χ4n) is 2.05. The van der Waals surface area contributed by atoms with E-state index >= 15 is 0 Å². The smallest absolute Gasteiger partial charge is 0.186 e. The van der Waals surface area contributed by atoms with E-state index in [1.807, 2.05) is 55.1 Å². The molecule has 23 heavy (non-hydrogen) atoms. The van der Waals surface area contributed by atoms with Crippen LogP contribution in [0.15, 0.2) is 63.7 Å². The summed E-state index contributed by atoms with van der Waals surface area (Å²) in [6, 6.07) is 14.2. The normalized spacial score (nSPS) is 12.2. The van der Waals surface area contributed by atoms with Crippen molar-refractivity contribution in [2.24, 2.45) is 5.10 Å². The Morgan fingerprint density at radius 2 is 2.00 bits per heavy atom. The molecule has 2 aromatic heterocycles. The van der Waals surface area contributed by atoms with Crippen molar-refractivity contribution in [3.63, 3.8) is 0 Å². The summed E-state index contributed by atoms with van der Waals surface area (Å²) in [5.41, 5.74) is 2.22. The lowest BCUT2D eigenvalue weighted by Gasteiger charge is -2.01. The van der Waals surface area contributed by atoms with Crippen LogP contribution in [0.4, 0.5) is 0 Å². The quantitative estimate of drug-likeness (QED) is 0.501. The largest absolute Gasteiger partial charge is 0.212 e. The van der Waals surface area contributed by atoms with Crippen molar-refractivity contribution in [3.05, 3.63) is 59.0 Å². The molecule has 2 heterocycles. The molecule has 0 saturated heterocycles. The summed E-state index contributed by atoms with van der Waals surface area (Å²) in [4.78, 5) is 1.06. The minimum absolute atomic E-state index is 0.771. The Labute approximate surface area is 143 Å². The monoisotopic (exact) mass is 340 g/mol. The highest BCUT2D eigenvalue weighted by Crippen LogP contribution is 2.26. The molecule has 3 rings (SSSR count). The van der Waals surface area contributed by atoms with Gasteiger partial charge in [-0.2, -0.15) is 9.78 Å². The number of rotatable bonds is 5. The number of benzene rings is 1. The van der Waals surface area contributed by atoms with Crippen LogP contribution in [0.1, 0.15) is 12.5 Å². The van der Waals surface area contributed by atoms with E-state index in [1.165, 1.54) is 11.8 Å². The first kappa shape index (κ1) is 15.7. The number of hydrogen-bond donors (Lipinski definition) is 0. The van der Waals surface area contributed by atoms with E-state index in [0.717, 1.165) is 27.0 Å². The standard InChI is InChI=1S/C17H16N4S2/c1-13(11-14-7-4-3-5-8-14)12-18-21-16(15-9-6-10-23-15)19-20-17(21)22-2/h3-12H,1-2H3/b13-11+,18-12+. The van der Waals surface area contributed by atoms with Crippen molar-refractivity contribution < 1.29 is 0 Å². The SMILES string of the molecule is CSc1nnc(-c2cccs2)n1/N=C/C(C)=C/c1ccccc1. The molecule has 6 heteroatoms. The molecule has 0 N–H and O–H groups in total. The molecule has 0 spiro atoms. The zero-order valence-electron chi connectivity index (χ0n) is 12.9. The predicted molar refractivity (Wildman–Crippen MR) is 99.1 cm³/mol. The maximum absolute atomic E-state index is 4.57. The molecule has 4 nitrogen and oxygen atoms in total. The molecule has 3 aromatic rings. The minimum Gasteiger partial charge on any atom is -0.186 e. The Balaban J connectivity index is 1.90. The second-order valence-corrected chi connectivity index (χ2v) is 6.56. The van der Waals surface area contributed by atoms with Crippen LogP contribution in [-0.2, 0) is 0 Å². The lowest BCUT2D eigenvalue weighted by molar-refractivity contribution is 0.775. The van der Waals surface area contributed by atoms with Crippen LogP contribution >= 0.6 is 23.1 Å². The average molecular weight is 340 g/mol. The topological polar surface area (TPSA) is 43.1 Å². The van der Waals surface area contributed by atoms with E-state index in [0.29, 0.717) is 0 Å². The molecule has 0 unspecified atom stereocenters. The van der Waals surface area contributed by atoms with Crippen molar-refractivity contribution >= 4 is 35.4 Å². The second kappa shape index (κ2) is 7.39. The molecule has 0 bridgehead atoms. The van der Waals surface area contributed by atoms with Gasteiger partial charge in [-0.3, -0.25) is 0 Å². The Bertz CT molecular complexity index is 818. The van der Waals surface area contributed by atoms with E-state index in [4.69, 9.17) is 0 Å². The molecule has 0 amide bonds. The summed E-state index contributed by atoms with van der Waals surface area (Å²) in [5, 5.41) is 15.8. The third-order valence-corrected chi connectivity index (χ3v) is 4.59. The molecular weight excluding hydrogens is 324 g/mol. The highest BCUT2D eigenvalue weighted by atomic mass is 32.2. The van der Waals surface area contributed by atoms with Crippen molar-refractivity contribution in [2.45, 2.75) is 12.1 Å². The molecule has 116 valence electrons.